The molecule has 0 amide bonds. The highest BCUT2D eigenvalue weighted by Gasteiger charge is 2.39. The Morgan fingerprint density at radius 1 is 1.32 bits per heavy atom. The first-order valence-corrected chi connectivity index (χ1v) is 8.76. The number of Topliss-reactive ketones (excluding diaryl/α,β-unsaturated/α-hetero) is 1. The number of aryl methyl sites for hydroxylation is 1. The van der Waals surface area contributed by atoms with Crippen molar-refractivity contribution in [3.05, 3.63) is 46.9 Å². The quantitative estimate of drug-likeness (QED) is 0.930. The summed E-state index contributed by atoms with van der Waals surface area (Å²) in [5.74, 6) is 2.67. The van der Waals surface area contributed by atoms with Crippen molar-refractivity contribution in [1.29, 1.82) is 0 Å². The van der Waals surface area contributed by atoms with E-state index in [-0.39, 0.29) is 11.8 Å². The van der Waals surface area contributed by atoms with Gasteiger partial charge >= 0.3 is 0 Å². The number of carbonyl (C=O) groups excluding carboxylic acids is 1. The standard InChI is InChI=1S/C19H22N4O2/c1-4-25-16-8-6-5-7-13(16)18-17-14(9-11(2)10-15(17)24)21-19-20-12(3)22-23(18)19/h5-8,11,18H,4,9-10H2,1-3H3,(H,20,21,22). The Morgan fingerprint density at radius 3 is 2.92 bits per heavy atom. The Labute approximate surface area is 146 Å². The van der Waals surface area contributed by atoms with Crippen LogP contribution in [-0.4, -0.2) is 27.2 Å². The van der Waals surface area contributed by atoms with Crippen molar-refractivity contribution in [3.63, 3.8) is 0 Å². The van der Waals surface area contributed by atoms with Crippen LogP contribution >= 0.6 is 0 Å². The van der Waals surface area contributed by atoms with Crippen molar-refractivity contribution < 1.29 is 9.53 Å². The average molecular weight is 338 g/mol. The number of ether oxygens (including phenoxy) is 1. The predicted molar refractivity (Wildman–Crippen MR) is 94.6 cm³/mol. The van der Waals surface area contributed by atoms with E-state index in [0.717, 1.165) is 29.0 Å². The van der Waals surface area contributed by atoms with Crippen molar-refractivity contribution in [1.82, 2.24) is 14.8 Å². The molecule has 0 saturated carbocycles. The molecule has 0 fully saturated rings. The van der Waals surface area contributed by atoms with Gasteiger partial charge in [-0.2, -0.15) is 10.1 Å². The molecule has 0 bridgehead atoms. The minimum absolute atomic E-state index is 0.177. The number of nitrogens with zero attached hydrogens (tertiary/aromatic N) is 3. The third-order valence-corrected chi connectivity index (χ3v) is 4.74. The van der Waals surface area contributed by atoms with Gasteiger partial charge in [0.05, 0.1) is 6.61 Å². The van der Waals surface area contributed by atoms with Gasteiger partial charge in [0.1, 0.15) is 17.6 Å². The molecule has 6 heteroatoms. The molecule has 1 aromatic carbocycles. The molecule has 2 aromatic rings. The van der Waals surface area contributed by atoms with Gasteiger partial charge in [0, 0.05) is 23.3 Å². The fourth-order valence-electron chi connectivity index (χ4n) is 3.79. The summed E-state index contributed by atoms with van der Waals surface area (Å²) >= 11 is 0. The van der Waals surface area contributed by atoms with Gasteiger partial charge in [-0.15, -0.1) is 0 Å². The summed E-state index contributed by atoms with van der Waals surface area (Å²) in [4.78, 5) is 17.4. The van der Waals surface area contributed by atoms with Crippen molar-refractivity contribution in [2.24, 2.45) is 5.92 Å². The number of benzene rings is 1. The van der Waals surface area contributed by atoms with Gasteiger partial charge in [0.15, 0.2) is 5.78 Å². The minimum Gasteiger partial charge on any atom is -0.494 e. The second-order valence-electron chi connectivity index (χ2n) is 6.75. The van der Waals surface area contributed by atoms with Gasteiger partial charge in [0.25, 0.3) is 0 Å². The van der Waals surface area contributed by atoms with Crippen LogP contribution in [0, 0.1) is 12.8 Å². The van der Waals surface area contributed by atoms with Crippen LogP contribution in [0.3, 0.4) is 0 Å². The van der Waals surface area contributed by atoms with Crippen molar-refractivity contribution in [3.8, 4) is 5.75 Å². The lowest BCUT2D eigenvalue weighted by Crippen LogP contribution is -2.33. The van der Waals surface area contributed by atoms with Crippen molar-refractivity contribution in [2.45, 2.75) is 39.7 Å². The number of nitrogens with one attached hydrogen (secondary N) is 1. The van der Waals surface area contributed by atoms with E-state index in [1.54, 1.807) is 0 Å². The van der Waals surface area contributed by atoms with Crippen LogP contribution in [0.15, 0.2) is 35.5 Å². The maximum Gasteiger partial charge on any atom is 0.226 e. The summed E-state index contributed by atoms with van der Waals surface area (Å²) in [6, 6.07) is 7.58. The molecule has 130 valence electrons. The summed E-state index contributed by atoms with van der Waals surface area (Å²) in [7, 11) is 0. The maximum absolute atomic E-state index is 12.9. The fraction of sp³-hybridized carbons (Fsp3) is 0.421. The molecule has 4 rings (SSSR count). The van der Waals surface area contributed by atoms with E-state index in [2.05, 4.69) is 22.3 Å². The molecule has 2 atom stereocenters. The molecular weight excluding hydrogens is 316 g/mol. The Hall–Kier alpha value is -2.63. The number of hydrogen-bond acceptors (Lipinski definition) is 5. The maximum atomic E-state index is 12.9. The lowest BCUT2D eigenvalue weighted by Gasteiger charge is -2.34. The van der Waals surface area contributed by atoms with E-state index < -0.39 is 0 Å². The zero-order chi connectivity index (χ0) is 17.6. The topological polar surface area (TPSA) is 69.0 Å². The molecule has 25 heavy (non-hydrogen) atoms. The molecule has 0 saturated heterocycles. The normalized spacial score (nSPS) is 22.3. The van der Waals surface area contributed by atoms with Crippen LogP contribution in [0.5, 0.6) is 5.75 Å². The molecule has 1 aliphatic heterocycles. The Kier molecular flexibility index (Phi) is 3.82. The predicted octanol–water partition coefficient (Wildman–Crippen LogP) is 3.25. The monoisotopic (exact) mass is 338 g/mol. The summed E-state index contributed by atoms with van der Waals surface area (Å²) in [5, 5.41) is 7.89. The molecule has 0 radical (unpaired) electrons. The van der Waals surface area contributed by atoms with Gasteiger partial charge < -0.3 is 10.1 Å². The first kappa shape index (κ1) is 15.9. The molecule has 2 heterocycles. The van der Waals surface area contributed by atoms with Crippen molar-refractivity contribution in [2.75, 3.05) is 11.9 Å². The third kappa shape index (κ3) is 2.62. The number of anilines is 1. The number of aromatic nitrogens is 3. The van der Waals surface area contributed by atoms with Crippen LogP contribution in [0.1, 0.15) is 44.1 Å². The number of carbonyl (C=O) groups is 1. The smallest absolute Gasteiger partial charge is 0.226 e. The highest BCUT2D eigenvalue weighted by molar-refractivity contribution is 5.99. The Balaban J connectivity index is 1.92. The minimum atomic E-state index is -0.296. The van der Waals surface area contributed by atoms with E-state index in [1.807, 2.05) is 42.8 Å². The molecule has 2 aliphatic rings. The first-order valence-electron chi connectivity index (χ1n) is 8.76. The molecular formula is C19H22N4O2. The zero-order valence-corrected chi connectivity index (χ0v) is 14.7. The Morgan fingerprint density at radius 2 is 2.12 bits per heavy atom. The number of para-hydroxylation sites is 1. The van der Waals surface area contributed by atoms with Crippen LogP contribution < -0.4 is 10.1 Å². The highest BCUT2D eigenvalue weighted by atomic mass is 16.5. The SMILES string of the molecule is CCOc1ccccc1C1C2=C(CC(C)CC2=O)Nc2nc(C)nn21. The van der Waals surface area contributed by atoms with Crippen molar-refractivity contribution >= 4 is 11.7 Å². The number of rotatable bonds is 3. The fourth-order valence-corrected chi connectivity index (χ4v) is 3.79. The van der Waals surface area contributed by atoms with E-state index in [9.17, 15) is 4.79 Å². The van der Waals surface area contributed by atoms with Gasteiger partial charge in [-0.3, -0.25) is 4.79 Å². The van der Waals surface area contributed by atoms with Gasteiger partial charge in [-0.1, -0.05) is 25.1 Å². The zero-order valence-electron chi connectivity index (χ0n) is 14.7. The van der Waals surface area contributed by atoms with Crippen LogP contribution in [0.2, 0.25) is 0 Å². The lowest BCUT2D eigenvalue weighted by molar-refractivity contribution is -0.117. The molecule has 1 aromatic heterocycles. The summed E-state index contributed by atoms with van der Waals surface area (Å²) in [5.41, 5.74) is 2.72. The molecule has 1 aliphatic carbocycles. The molecule has 1 N–H and O–H groups in total. The van der Waals surface area contributed by atoms with E-state index in [0.29, 0.717) is 30.7 Å². The average Bonchev–Trinajstić information content (AvgIpc) is 2.93. The van der Waals surface area contributed by atoms with Crippen LogP contribution in [0.4, 0.5) is 5.95 Å². The number of fused-ring (bicyclic) bond motifs is 1. The largest absolute Gasteiger partial charge is 0.494 e. The van der Waals surface area contributed by atoms with Crippen LogP contribution in [-0.2, 0) is 4.79 Å². The summed E-state index contributed by atoms with van der Waals surface area (Å²) in [6.45, 7) is 6.50. The number of hydrogen-bond donors (Lipinski definition) is 1. The lowest BCUT2D eigenvalue weighted by atomic mass is 9.81. The summed E-state index contributed by atoms with van der Waals surface area (Å²) < 4.78 is 7.65. The third-order valence-electron chi connectivity index (χ3n) is 4.74. The molecule has 6 nitrogen and oxygen atoms in total. The second kappa shape index (κ2) is 6.02. The second-order valence-corrected chi connectivity index (χ2v) is 6.75. The van der Waals surface area contributed by atoms with E-state index in [4.69, 9.17) is 4.74 Å². The van der Waals surface area contributed by atoms with Gasteiger partial charge in [0.2, 0.25) is 5.95 Å². The van der Waals surface area contributed by atoms with E-state index >= 15 is 0 Å². The number of allylic oxidation sites excluding steroid dienone is 2. The molecule has 0 spiro atoms. The number of ketones is 1. The molecule has 2 unspecified atom stereocenters. The Bertz CT molecular complexity index is 868. The highest BCUT2D eigenvalue weighted by Crippen LogP contribution is 2.43. The van der Waals surface area contributed by atoms with Gasteiger partial charge in [-0.25, -0.2) is 4.68 Å². The first-order chi connectivity index (χ1) is 12.1. The van der Waals surface area contributed by atoms with Crippen LogP contribution in [0.25, 0.3) is 0 Å². The van der Waals surface area contributed by atoms with Gasteiger partial charge in [-0.05, 0) is 32.3 Å². The summed E-state index contributed by atoms with van der Waals surface area (Å²) in [6.07, 6.45) is 1.41. The van der Waals surface area contributed by atoms with E-state index in [1.165, 1.54) is 0 Å².